The summed E-state index contributed by atoms with van der Waals surface area (Å²) in [6.07, 6.45) is 8.94. The maximum absolute atomic E-state index is 12.4. The predicted molar refractivity (Wildman–Crippen MR) is 79.5 cm³/mol. The second-order valence-corrected chi connectivity index (χ2v) is 7.56. The molecular weight excluding hydrogens is 264 g/mol. The van der Waals surface area contributed by atoms with Crippen LogP contribution in [0, 0.1) is 5.41 Å². The molecule has 112 valence electrons. The van der Waals surface area contributed by atoms with Crippen LogP contribution in [0.3, 0.4) is 0 Å². The van der Waals surface area contributed by atoms with Gasteiger partial charge >= 0.3 is 0 Å². The summed E-state index contributed by atoms with van der Waals surface area (Å²) in [7, 11) is 0. The van der Waals surface area contributed by atoms with Crippen molar-refractivity contribution in [1.82, 2.24) is 0 Å². The zero-order chi connectivity index (χ0) is 14.7. The van der Waals surface area contributed by atoms with Gasteiger partial charge < -0.3 is 10.2 Å². The average molecular weight is 286 g/mol. The summed E-state index contributed by atoms with van der Waals surface area (Å²) in [6, 6.07) is 3.20. The molecule has 2 fully saturated rings. The summed E-state index contributed by atoms with van der Waals surface area (Å²) in [4.78, 5) is 12.4. The van der Waals surface area contributed by atoms with Crippen molar-refractivity contribution in [2.75, 3.05) is 0 Å². The molecule has 0 heterocycles. The number of hydrogen-bond donors (Lipinski definition) is 2. The van der Waals surface area contributed by atoms with Gasteiger partial charge in [-0.05, 0) is 49.1 Å². The van der Waals surface area contributed by atoms with Crippen molar-refractivity contribution >= 4 is 5.78 Å². The SMILES string of the molecule is O=C1CC2(CCCC2)C[C@]2(CCc3cc(O)cc(O)c32)C1. The van der Waals surface area contributed by atoms with Crippen molar-refractivity contribution in [1.29, 1.82) is 0 Å². The van der Waals surface area contributed by atoms with E-state index in [1.54, 1.807) is 6.07 Å². The van der Waals surface area contributed by atoms with Crippen LogP contribution in [0.25, 0.3) is 0 Å². The number of phenolic OH excluding ortho intramolecular Hbond substituents is 2. The molecule has 3 nitrogen and oxygen atoms in total. The van der Waals surface area contributed by atoms with Gasteiger partial charge in [-0.1, -0.05) is 12.8 Å². The highest BCUT2D eigenvalue weighted by Gasteiger charge is 2.52. The van der Waals surface area contributed by atoms with Crippen LogP contribution in [0.1, 0.15) is 62.5 Å². The maximum atomic E-state index is 12.4. The first kappa shape index (κ1) is 13.2. The lowest BCUT2D eigenvalue weighted by molar-refractivity contribution is -0.126. The van der Waals surface area contributed by atoms with Gasteiger partial charge in [0.15, 0.2) is 0 Å². The Bertz CT molecular complexity index is 613. The number of benzene rings is 1. The number of carbonyl (C=O) groups is 1. The Hall–Kier alpha value is -1.51. The molecule has 1 atom stereocenters. The normalized spacial score (nSPS) is 30.2. The van der Waals surface area contributed by atoms with Crippen molar-refractivity contribution in [3.63, 3.8) is 0 Å². The third-order valence-corrected chi connectivity index (χ3v) is 6.07. The van der Waals surface area contributed by atoms with Gasteiger partial charge in [0.25, 0.3) is 0 Å². The largest absolute Gasteiger partial charge is 0.508 e. The Balaban J connectivity index is 1.81. The lowest BCUT2D eigenvalue weighted by Gasteiger charge is -2.44. The Kier molecular flexibility index (Phi) is 2.66. The van der Waals surface area contributed by atoms with E-state index in [9.17, 15) is 15.0 Å². The molecule has 0 aliphatic heterocycles. The highest BCUT2D eigenvalue weighted by Crippen LogP contribution is 2.60. The Labute approximate surface area is 125 Å². The van der Waals surface area contributed by atoms with Crippen molar-refractivity contribution in [3.05, 3.63) is 23.3 Å². The van der Waals surface area contributed by atoms with E-state index >= 15 is 0 Å². The van der Waals surface area contributed by atoms with Crippen LogP contribution in [-0.2, 0) is 16.6 Å². The molecule has 0 amide bonds. The molecule has 21 heavy (non-hydrogen) atoms. The molecule has 3 aliphatic carbocycles. The van der Waals surface area contributed by atoms with Gasteiger partial charge in [-0.25, -0.2) is 0 Å². The molecule has 1 aromatic rings. The molecule has 0 aromatic heterocycles. The molecule has 3 aliphatic rings. The fourth-order valence-corrected chi connectivity index (χ4v) is 5.51. The van der Waals surface area contributed by atoms with Crippen molar-refractivity contribution in [2.24, 2.45) is 5.41 Å². The third kappa shape index (κ3) is 1.90. The third-order valence-electron chi connectivity index (χ3n) is 6.07. The minimum Gasteiger partial charge on any atom is -0.508 e. The number of rotatable bonds is 0. The van der Waals surface area contributed by atoms with Crippen LogP contribution in [0.15, 0.2) is 12.1 Å². The number of aromatic hydroxyl groups is 2. The Morgan fingerprint density at radius 2 is 1.76 bits per heavy atom. The number of carbonyl (C=O) groups excluding carboxylic acids is 1. The lowest BCUT2D eigenvalue weighted by atomic mass is 9.58. The molecule has 0 bridgehead atoms. The fourth-order valence-electron chi connectivity index (χ4n) is 5.51. The van der Waals surface area contributed by atoms with Crippen LogP contribution >= 0.6 is 0 Å². The second-order valence-electron chi connectivity index (χ2n) is 7.56. The van der Waals surface area contributed by atoms with Crippen molar-refractivity contribution in [3.8, 4) is 11.5 Å². The molecule has 0 unspecified atom stereocenters. The van der Waals surface area contributed by atoms with Crippen molar-refractivity contribution in [2.45, 2.75) is 63.2 Å². The summed E-state index contributed by atoms with van der Waals surface area (Å²) in [5, 5.41) is 20.1. The summed E-state index contributed by atoms with van der Waals surface area (Å²) in [5.41, 5.74) is 2.00. The lowest BCUT2D eigenvalue weighted by Crippen LogP contribution is -2.41. The van der Waals surface area contributed by atoms with Crippen molar-refractivity contribution < 1.29 is 15.0 Å². The minimum absolute atomic E-state index is 0.126. The van der Waals surface area contributed by atoms with E-state index in [1.807, 2.05) is 0 Å². The highest BCUT2D eigenvalue weighted by molar-refractivity contribution is 5.82. The second kappa shape index (κ2) is 4.25. The zero-order valence-electron chi connectivity index (χ0n) is 12.3. The molecule has 4 rings (SSSR count). The van der Waals surface area contributed by atoms with Gasteiger partial charge in [0.2, 0.25) is 0 Å². The summed E-state index contributed by atoms with van der Waals surface area (Å²) in [5.74, 6) is 0.676. The number of phenols is 2. The first-order valence-electron chi connectivity index (χ1n) is 8.09. The quantitative estimate of drug-likeness (QED) is 0.766. The molecule has 2 N–H and O–H groups in total. The summed E-state index contributed by atoms with van der Waals surface area (Å²) >= 11 is 0. The van der Waals surface area contributed by atoms with E-state index < -0.39 is 0 Å². The van der Waals surface area contributed by atoms with Crippen LogP contribution in [0.5, 0.6) is 11.5 Å². The van der Waals surface area contributed by atoms with Crippen LogP contribution in [0.4, 0.5) is 0 Å². The molecule has 2 spiro atoms. The number of ketones is 1. The number of Topliss-reactive ketones (excluding diaryl/α,β-unsaturated/α-hetero) is 1. The Morgan fingerprint density at radius 3 is 2.52 bits per heavy atom. The van der Waals surface area contributed by atoms with Gasteiger partial charge in [0.05, 0.1) is 0 Å². The zero-order valence-corrected chi connectivity index (χ0v) is 12.3. The monoisotopic (exact) mass is 286 g/mol. The van der Waals surface area contributed by atoms with Gasteiger partial charge in [-0.15, -0.1) is 0 Å². The smallest absolute Gasteiger partial charge is 0.134 e. The molecule has 0 saturated heterocycles. The van der Waals surface area contributed by atoms with Gasteiger partial charge in [-0.2, -0.15) is 0 Å². The van der Waals surface area contributed by atoms with E-state index in [1.165, 1.54) is 18.9 Å². The van der Waals surface area contributed by atoms with Crippen LogP contribution in [-0.4, -0.2) is 16.0 Å². The molecule has 1 aromatic carbocycles. The Morgan fingerprint density at radius 1 is 1.00 bits per heavy atom. The predicted octanol–water partition coefficient (Wildman–Crippen LogP) is 3.60. The van der Waals surface area contributed by atoms with E-state index in [0.29, 0.717) is 12.2 Å². The van der Waals surface area contributed by atoms with E-state index in [0.717, 1.165) is 49.7 Å². The molecule has 0 radical (unpaired) electrons. The van der Waals surface area contributed by atoms with Gasteiger partial charge in [-0.3, -0.25) is 4.79 Å². The number of aryl methyl sites for hydroxylation is 1. The van der Waals surface area contributed by atoms with E-state index in [2.05, 4.69) is 0 Å². The van der Waals surface area contributed by atoms with Gasteiger partial charge in [0, 0.05) is 29.9 Å². The topological polar surface area (TPSA) is 57.5 Å². The first-order valence-corrected chi connectivity index (χ1v) is 8.09. The minimum atomic E-state index is -0.174. The number of fused-ring (bicyclic) bond motifs is 2. The molecule has 3 heteroatoms. The molecular formula is C18H22O3. The standard InChI is InChI=1S/C18H22O3/c19-13-7-12-3-6-18(16(12)15(21)8-13)10-14(20)9-17(11-18)4-1-2-5-17/h7-8,19,21H,1-6,9-11H2/t18-/m0/s1. The van der Waals surface area contributed by atoms with Gasteiger partial charge in [0.1, 0.15) is 17.3 Å². The average Bonchev–Trinajstić information content (AvgIpc) is 2.94. The summed E-state index contributed by atoms with van der Waals surface area (Å²) < 4.78 is 0. The highest BCUT2D eigenvalue weighted by atomic mass is 16.3. The molecule has 2 saturated carbocycles. The number of hydrogen-bond acceptors (Lipinski definition) is 3. The maximum Gasteiger partial charge on any atom is 0.134 e. The van der Waals surface area contributed by atoms with Crippen LogP contribution < -0.4 is 0 Å². The fraction of sp³-hybridized carbons (Fsp3) is 0.611. The van der Waals surface area contributed by atoms with E-state index in [4.69, 9.17) is 0 Å². The van der Waals surface area contributed by atoms with Crippen LogP contribution in [0.2, 0.25) is 0 Å². The van der Waals surface area contributed by atoms with E-state index in [-0.39, 0.29) is 22.3 Å². The first-order chi connectivity index (χ1) is 10.0. The summed E-state index contributed by atoms with van der Waals surface area (Å²) in [6.45, 7) is 0.